The number of nitrogens with one attached hydrogen (secondary N) is 2. The van der Waals surface area contributed by atoms with E-state index >= 15 is 0 Å². The van der Waals surface area contributed by atoms with Gasteiger partial charge >= 0.3 is 0 Å². The normalized spacial score (nSPS) is 12.0. The fraction of sp³-hybridized carbons (Fsp3) is 0.212. The number of methoxy groups -OCH3 is 1. The van der Waals surface area contributed by atoms with E-state index in [0.717, 1.165) is 5.56 Å². The molecule has 0 aliphatic rings. The van der Waals surface area contributed by atoms with Gasteiger partial charge in [-0.2, -0.15) is 0 Å². The van der Waals surface area contributed by atoms with Gasteiger partial charge in [-0.25, -0.2) is 9.97 Å². The van der Waals surface area contributed by atoms with Crippen LogP contribution in [0.25, 0.3) is 11.3 Å². The van der Waals surface area contributed by atoms with E-state index in [2.05, 4.69) is 107 Å². The highest BCUT2D eigenvalue weighted by molar-refractivity contribution is 6.29. The van der Waals surface area contributed by atoms with Gasteiger partial charge in [0, 0.05) is 17.6 Å². The van der Waals surface area contributed by atoms with Crippen molar-refractivity contribution >= 4 is 23.2 Å². The standard InChI is InChI=1S/C20H21N3O2.C13H14ClN3/c1-13-4-6-15(7-5-13)14(2)22-20-12-21-11-17(23-20)16-8-9-18(24)19(10-16)25-3;1-9-3-5-11(6-4-9)10(2)16-13-8-15-7-12(14)17-13/h4-12,14,24H,1-3H3,(H,22,23);3-8,10H,1-2H3,(H,16,17)/t14-;10-/m11/s1. The second kappa shape index (κ2) is 14.3. The summed E-state index contributed by atoms with van der Waals surface area (Å²) in [7, 11) is 1.52. The molecule has 8 nitrogen and oxygen atoms in total. The summed E-state index contributed by atoms with van der Waals surface area (Å²) in [5.41, 5.74) is 6.41. The number of phenols is 1. The predicted molar refractivity (Wildman–Crippen MR) is 169 cm³/mol. The first-order valence-electron chi connectivity index (χ1n) is 13.5. The Bertz CT molecular complexity index is 1600. The molecule has 0 fully saturated rings. The van der Waals surface area contributed by atoms with Crippen molar-refractivity contribution in [1.82, 2.24) is 19.9 Å². The van der Waals surface area contributed by atoms with Crippen LogP contribution in [0.1, 0.15) is 48.2 Å². The minimum absolute atomic E-state index is 0.0986. The van der Waals surface area contributed by atoms with Crippen molar-refractivity contribution in [3.8, 4) is 22.8 Å². The van der Waals surface area contributed by atoms with E-state index in [1.165, 1.54) is 35.6 Å². The molecule has 0 bridgehead atoms. The van der Waals surface area contributed by atoms with Crippen LogP contribution in [0.15, 0.2) is 91.5 Å². The van der Waals surface area contributed by atoms with Crippen molar-refractivity contribution in [3.63, 3.8) is 0 Å². The third-order valence-corrected chi connectivity index (χ3v) is 6.78. The van der Waals surface area contributed by atoms with Crippen molar-refractivity contribution in [2.45, 2.75) is 39.8 Å². The number of aromatic nitrogens is 4. The molecule has 0 aliphatic carbocycles. The van der Waals surface area contributed by atoms with Crippen LogP contribution in [-0.2, 0) is 0 Å². The summed E-state index contributed by atoms with van der Waals surface area (Å²) < 4.78 is 5.16. The summed E-state index contributed by atoms with van der Waals surface area (Å²) in [5.74, 6) is 1.88. The first kappa shape index (κ1) is 30.3. The van der Waals surface area contributed by atoms with Gasteiger partial charge in [0.1, 0.15) is 16.8 Å². The molecule has 0 unspecified atom stereocenters. The Labute approximate surface area is 251 Å². The van der Waals surface area contributed by atoms with Crippen LogP contribution in [-0.4, -0.2) is 32.2 Å². The topological polar surface area (TPSA) is 105 Å². The molecule has 2 aromatic heterocycles. The maximum Gasteiger partial charge on any atom is 0.161 e. The molecule has 0 saturated heterocycles. The molecule has 0 radical (unpaired) electrons. The van der Waals surface area contributed by atoms with Crippen molar-refractivity contribution < 1.29 is 9.84 Å². The average molecular weight is 583 g/mol. The van der Waals surface area contributed by atoms with Crippen LogP contribution in [0.2, 0.25) is 5.15 Å². The molecule has 5 rings (SSSR count). The molecule has 0 amide bonds. The van der Waals surface area contributed by atoms with Gasteiger partial charge in [0.25, 0.3) is 0 Å². The minimum Gasteiger partial charge on any atom is -0.504 e. The molecular formula is C33H35ClN6O2. The summed E-state index contributed by atoms with van der Waals surface area (Å²) >= 11 is 5.78. The minimum atomic E-state index is 0.0986. The lowest BCUT2D eigenvalue weighted by molar-refractivity contribution is 0.373. The quantitative estimate of drug-likeness (QED) is 0.169. The summed E-state index contributed by atoms with van der Waals surface area (Å²) in [6.45, 7) is 8.31. The first-order valence-corrected chi connectivity index (χ1v) is 13.9. The maximum absolute atomic E-state index is 9.73. The van der Waals surface area contributed by atoms with Crippen LogP contribution >= 0.6 is 11.6 Å². The Balaban J connectivity index is 0.000000208. The van der Waals surface area contributed by atoms with E-state index in [-0.39, 0.29) is 17.8 Å². The Morgan fingerprint density at radius 2 is 1.24 bits per heavy atom. The van der Waals surface area contributed by atoms with Crippen LogP contribution in [0, 0.1) is 13.8 Å². The van der Waals surface area contributed by atoms with Crippen molar-refractivity contribution in [2.75, 3.05) is 17.7 Å². The number of nitrogens with zero attached hydrogens (tertiary/aromatic N) is 4. The summed E-state index contributed by atoms with van der Waals surface area (Å²) in [4.78, 5) is 17.0. The van der Waals surface area contributed by atoms with Gasteiger partial charge in [0.2, 0.25) is 0 Å². The zero-order valence-electron chi connectivity index (χ0n) is 24.3. The first-order chi connectivity index (χ1) is 20.2. The number of halogens is 1. The third-order valence-electron chi connectivity index (χ3n) is 6.60. The molecule has 0 spiro atoms. The smallest absolute Gasteiger partial charge is 0.161 e. The van der Waals surface area contributed by atoms with Crippen LogP contribution in [0.3, 0.4) is 0 Å². The lowest BCUT2D eigenvalue weighted by Gasteiger charge is -2.15. The summed E-state index contributed by atoms with van der Waals surface area (Å²) in [6, 6.07) is 22.2. The van der Waals surface area contributed by atoms with Gasteiger partial charge in [0.05, 0.1) is 37.6 Å². The third kappa shape index (κ3) is 8.41. The second-order valence-corrected chi connectivity index (χ2v) is 10.3. The molecule has 216 valence electrons. The molecule has 42 heavy (non-hydrogen) atoms. The van der Waals surface area contributed by atoms with Gasteiger partial charge in [0.15, 0.2) is 11.5 Å². The Morgan fingerprint density at radius 1 is 0.714 bits per heavy atom. The van der Waals surface area contributed by atoms with Gasteiger partial charge < -0.3 is 20.5 Å². The van der Waals surface area contributed by atoms with Crippen LogP contribution in [0.4, 0.5) is 11.6 Å². The monoisotopic (exact) mass is 582 g/mol. The molecule has 0 aliphatic heterocycles. The van der Waals surface area contributed by atoms with Gasteiger partial charge in [-0.3, -0.25) is 9.97 Å². The molecule has 0 saturated carbocycles. The van der Waals surface area contributed by atoms with E-state index in [4.69, 9.17) is 16.3 Å². The number of rotatable bonds is 8. The van der Waals surface area contributed by atoms with Crippen LogP contribution < -0.4 is 15.4 Å². The summed E-state index contributed by atoms with van der Waals surface area (Å²) in [6.07, 6.45) is 6.57. The highest BCUT2D eigenvalue weighted by Gasteiger charge is 2.10. The molecule has 2 heterocycles. The summed E-state index contributed by atoms with van der Waals surface area (Å²) in [5, 5.41) is 16.8. The highest BCUT2D eigenvalue weighted by atomic mass is 35.5. The van der Waals surface area contributed by atoms with E-state index in [9.17, 15) is 5.11 Å². The molecular weight excluding hydrogens is 548 g/mol. The number of aryl methyl sites for hydroxylation is 2. The molecule has 5 aromatic rings. The number of aromatic hydroxyl groups is 1. The number of benzene rings is 3. The van der Waals surface area contributed by atoms with Gasteiger partial charge in [-0.1, -0.05) is 71.3 Å². The van der Waals surface area contributed by atoms with Crippen molar-refractivity contribution in [3.05, 3.63) is 119 Å². The SMILES string of the molecule is COc1cc(-c2cncc(N[C@H](C)c3ccc(C)cc3)n2)ccc1O.Cc1ccc([C@@H](C)Nc2cncc(Cl)n2)cc1. The largest absolute Gasteiger partial charge is 0.504 e. The lowest BCUT2D eigenvalue weighted by atomic mass is 10.1. The molecule has 9 heteroatoms. The number of phenolic OH excluding ortho intramolecular Hbond substituents is 1. The van der Waals surface area contributed by atoms with E-state index < -0.39 is 0 Å². The number of hydrogen-bond donors (Lipinski definition) is 3. The Hall–Kier alpha value is -4.69. The highest BCUT2D eigenvalue weighted by Crippen LogP contribution is 2.31. The van der Waals surface area contributed by atoms with Crippen molar-refractivity contribution in [1.29, 1.82) is 0 Å². The zero-order chi connectivity index (χ0) is 30.1. The predicted octanol–water partition coefficient (Wildman–Crippen LogP) is 7.95. The van der Waals surface area contributed by atoms with Crippen molar-refractivity contribution in [2.24, 2.45) is 0 Å². The molecule has 3 aromatic carbocycles. The maximum atomic E-state index is 9.73. The number of anilines is 2. The number of hydrogen-bond acceptors (Lipinski definition) is 8. The Morgan fingerprint density at radius 3 is 1.76 bits per heavy atom. The zero-order valence-corrected chi connectivity index (χ0v) is 25.1. The fourth-order valence-electron chi connectivity index (χ4n) is 4.14. The van der Waals surface area contributed by atoms with Crippen LogP contribution in [0.5, 0.6) is 11.5 Å². The lowest BCUT2D eigenvalue weighted by Crippen LogP contribution is -2.08. The number of ether oxygens (including phenoxy) is 1. The van der Waals surface area contributed by atoms with Gasteiger partial charge in [-0.05, 0) is 57.0 Å². The molecule has 2 atom stereocenters. The fourth-order valence-corrected chi connectivity index (χ4v) is 4.29. The average Bonchev–Trinajstić information content (AvgIpc) is 2.98. The van der Waals surface area contributed by atoms with E-state index in [1.54, 1.807) is 36.8 Å². The van der Waals surface area contributed by atoms with E-state index in [1.807, 2.05) is 0 Å². The Kier molecular flexibility index (Phi) is 10.3. The van der Waals surface area contributed by atoms with E-state index in [0.29, 0.717) is 28.2 Å². The molecule has 3 N–H and O–H groups in total. The second-order valence-electron chi connectivity index (χ2n) is 9.96. The van der Waals surface area contributed by atoms with Gasteiger partial charge in [-0.15, -0.1) is 0 Å².